The maximum Gasteiger partial charge on any atom is 0.267 e. The third-order valence-corrected chi connectivity index (χ3v) is 5.72. The van der Waals surface area contributed by atoms with E-state index in [1.807, 2.05) is 48.5 Å². The van der Waals surface area contributed by atoms with Gasteiger partial charge >= 0.3 is 0 Å². The van der Waals surface area contributed by atoms with Crippen LogP contribution in [0, 0.1) is 3.57 Å². The van der Waals surface area contributed by atoms with Crippen LogP contribution < -0.4 is 10.1 Å². The number of rotatable bonds is 5. The van der Waals surface area contributed by atoms with Crippen LogP contribution in [0.3, 0.4) is 0 Å². The van der Waals surface area contributed by atoms with Crippen molar-refractivity contribution in [2.24, 2.45) is 0 Å². The number of carbonyl (C=O) groups excluding carboxylic acids is 1. The van der Waals surface area contributed by atoms with Crippen LogP contribution >= 0.6 is 38.5 Å². The number of ether oxygens (including phenoxy) is 1. The van der Waals surface area contributed by atoms with E-state index in [1.54, 1.807) is 32.0 Å². The molecule has 0 fully saturated rings. The van der Waals surface area contributed by atoms with E-state index in [2.05, 4.69) is 48.8 Å². The number of nitrogens with one attached hydrogen (secondary N) is 1. The third-order valence-electron chi connectivity index (χ3n) is 4.47. The number of nitrogens with zero attached hydrogens (tertiary/aromatic N) is 1. The van der Waals surface area contributed by atoms with Gasteiger partial charge in [0.25, 0.3) is 5.91 Å². The quantitative estimate of drug-likeness (QED) is 0.270. The second-order valence-electron chi connectivity index (χ2n) is 7.23. The van der Waals surface area contributed by atoms with Crippen LogP contribution in [-0.2, 0) is 4.79 Å². The highest BCUT2D eigenvalue weighted by molar-refractivity contribution is 14.1. The molecule has 3 aromatic carbocycles. The Bertz CT molecular complexity index is 1200. The first kappa shape index (κ1) is 20.9. The summed E-state index contributed by atoms with van der Waals surface area (Å²) in [5.74, 6) is 0.905. The summed E-state index contributed by atoms with van der Waals surface area (Å²) < 4.78 is 13.8. The molecule has 0 radical (unpaired) electrons. The van der Waals surface area contributed by atoms with Gasteiger partial charge in [-0.1, -0.05) is 15.9 Å². The summed E-state index contributed by atoms with van der Waals surface area (Å²) in [6.45, 7) is 3.46. The maximum atomic E-state index is 12.8. The van der Waals surface area contributed by atoms with Crippen LogP contribution in [0.2, 0.25) is 0 Å². The Morgan fingerprint density at radius 2 is 1.77 bits per heavy atom. The number of carbonyl (C=O) groups is 1. The second kappa shape index (κ2) is 8.39. The van der Waals surface area contributed by atoms with E-state index < -0.39 is 5.60 Å². The lowest BCUT2D eigenvalue weighted by Crippen LogP contribution is -2.42. The number of fused-ring (bicyclic) bond motifs is 1. The van der Waals surface area contributed by atoms with Crippen molar-refractivity contribution in [3.05, 3.63) is 74.8 Å². The summed E-state index contributed by atoms with van der Waals surface area (Å²) in [6.07, 6.45) is 0. The lowest BCUT2D eigenvalue weighted by Gasteiger charge is -2.25. The molecular formula is C23H18BrIN2O3. The highest BCUT2D eigenvalue weighted by Gasteiger charge is 2.30. The van der Waals surface area contributed by atoms with Crippen molar-refractivity contribution in [1.82, 2.24) is 4.98 Å². The van der Waals surface area contributed by atoms with Gasteiger partial charge in [-0.3, -0.25) is 4.79 Å². The molecule has 5 nitrogen and oxygen atoms in total. The zero-order chi connectivity index (χ0) is 21.3. The summed E-state index contributed by atoms with van der Waals surface area (Å²) in [6, 6.07) is 20.7. The molecule has 1 aromatic heterocycles. The number of halogens is 2. The van der Waals surface area contributed by atoms with E-state index in [-0.39, 0.29) is 5.91 Å². The monoisotopic (exact) mass is 576 g/mol. The van der Waals surface area contributed by atoms with Gasteiger partial charge in [0.05, 0.1) is 0 Å². The molecule has 152 valence electrons. The molecule has 7 heteroatoms. The van der Waals surface area contributed by atoms with Crippen molar-refractivity contribution in [2.75, 3.05) is 5.32 Å². The van der Waals surface area contributed by atoms with Crippen LogP contribution in [0.25, 0.3) is 22.6 Å². The molecule has 30 heavy (non-hydrogen) atoms. The first-order valence-electron chi connectivity index (χ1n) is 9.23. The van der Waals surface area contributed by atoms with Crippen molar-refractivity contribution in [3.63, 3.8) is 0 Å². The molecule has 4 rings (SSSR count). The molecule has 1 heterocycles. The van der Waals surface area contributed by atoms with E-state index >= 15 is 0 Å². The summed E-state index contributed by atoms with van der Waals surface area (Å²) in [7, 11) is 0. The number of oxazole rings is 1. The molecule has 0 unspecified atom stereocenters. The van der Waals surface area contributed by atoms with Crippen LogP contribution in [0.1, 0.15) is 13.8 Å². The molecule has 0 saturated carbocycles. The lowest BCUT2D eigenvalue weighted by atomic mass is 10.1. The van der Waals surface area contributed by atoms with Crippen molar-refractivity contribution < 1.29 is 13.9 Å². The van der Waals surface area contributed by atoms with E-state index in [4.69, 9.17) is 9.15 Å². The highest BCUT2D eigenvalue weighted by atomic mass is 127. The number of amides is 1. The van der Waals surface area contributed by atoms with Gasteiger partial charge in [0.15, 0.2) is 11.2 Å². The average molecular weight is 577 g/mol. The SMILES string of the molecule is CC(C)(Oc1ccc(Br)cc1)C(=O)Nc1ccc2oc(-c3ccc(I)cc3)nc2c1. The number of hydrogen-bond donors (Lipinski definition) is 1. The van der Waals surface area contributed by atoms with Gasteiger partial charge in [0.1, 0.15) is 11.3 Å². The normalized spacial score (nSPS) is 11.5. The molecule has 0 bridgehead atoms. The molecule has 4 aromatic rings. The Hall–Kier alpha value is -2.39. The van der Waals surface area contributed by atoms with Crippen LogP contribution in [0.15, 0.2) is 75.6 Å². The smallest absolute Gasteiger partial charge is 0.267 e. The molecular weight excluding hydrogens is 559 g/mol. The Morgan fingerprint density at radius 1 is 1.07 bits per heavy atom. The molecule has 1 N–H and O–H groups in total. The summed E-state index contributed by atoms with van der Waals surface area (Å²) >= 11 is 5.65. The Balaban J connectivity index is 1.52. The minimum absolute atomic E-state index is 0.258. The molecule has 0 spiro atoms. The predicted octanol–water partition coefficient (Wildman–Crippen LogP) is 6.66. The van der Waals surface area contributed by atoms with Crippen molar-refractivity contribution in [2.45, 2.75) is 19.4 Å². The molecule has 0 aliphatic carbocycles. The molecule has 0 aliphatic rings. The number of anilines is 1. The van der Waals surface area contributed by atoms with Gasteiger partial charge in [0, 0.05) is 19.3 Å². The van der Waals surface area contributed by atoms with E-state index in [0.29, 0.717) is 28.4 Å². The van der Waals surface area contributed by atoms with Crippen molar-refractivity contribution in [3.8, 4) is 17.2 Å². The van der Waals surface area contributed by atoms with Crippen molar-refractivity contribution in [1.29, 1.82) is 0 Å². The maximum absolute atomic E-state index is 12.8. The van der Waals surface area contributed by atoms with Gasteiger partial charge in [-0.05, 0) is 103 Å². The fourth-order valence-corrected chi connectivity index (χ4v) is 3.47. The third kappa shape index (κ3) is 4.67. The first-order chi connectivity index (χ1) is 14.3. The Kier molecular flexibility index (Phi) is 5.84. The topological polar surface area (TPSA) is 64.4 Å². The Labute approximate surface area is 196 Å². The number of aromatic nitrogens is 1. The highest BCUT2D eigenvalue weighted by Crippen LogP contribution is 2.28. The van der Waals surface area contributed by atoms with Crippen LogP contribution in [0.4, 0.5) is 5.69 Å². The molecule has 1 amide bonds. The minimum Gasteiger partial charge on any atom is -0.478 e. The summed E-state index contributed by atoms with van der Waals surface area (Å²) in [5.41, 5.74) is 1.81. The predicted molar refractivity (Wildman–Crippen MR) is 130 cm³/mol. The fourth-order valence-electron chi connectivity index (χ4n) is 2.85. The van der Waals surface area contributed by atoms with Gasteiger partial charge in [-0.2, -0.15) is 0 Å². The van der Waals surface area contributed by atoms with Gasteiger partial charge in [-0.15, -0.1) is 0 Å². The lowest BCUT2D eigenvalue weighted by molar-refractivity contribution is -0.128. The second-order valence-corrected chi connectivity index (χ2v) is 9.39. The average Bonchev–Trinajstić information content (AvgIpc) is 3.13. The Morgan fingerprint density at radius 3 is 2.47 bits per heavy atom. The van der Waals surface area contributed by atoms with Crippen molar-refractivity contribution >= 4 is 61.2 Å². The number of benzene rings is 3. The standard InChI is InChI=1S/C23H18BrIN2O3/c1-23(2,30-18-10-5-15(24)6-11-18)22(28)26-17-9-12-20-19(13-17)27-21(29-20)14-3-7-16(25)8-4-14/h3-13H,1-2H3,(H,26,28). The van der Waals surface area contributed by atoms with Crippen LogP contribution in [0.5, 0.6) is 5.75 Å². The molecule has 0 saturated heterocycles. The zero-order valence-corrected chi connectivity index (χ0v) is 20.0. The first-order valence-corrected chi connectivity index (χ1v) is 11.1. The van der Waals surface area contributed by atoms with Gasteiger partial charge < -0.3 is 14.5 Å². The molecule has 0 aliphatic heterocycles. The molecule has 0 atom stereocenters. The summed E-state index contributed by atoms with van der Waals surface area (Å²) in [4.78, 5) is 17.4. The number of hydrogen-bond acceptors (Lipinski definition) is 4. The van der Waals surface area contributed by atoms with E-state index in [0.717, 1.165) is 13.6 Å². The van der Waals surface area contributed by atoms with Gasteiger partial charge in [0.2, 0.25) is 5.89 Å². The zero-order valence-electron chi connectivity index (χ0n) is 16.3. The fraction of sp³-hybridized carbons (Fsp3) is 0.130. The summed E-state index contributed by atoms with van der Waals surface area (Å²) in [5, 5.41) is 2.91. The van der Waals surface area contributed by atoms with Crippen LogP contribution in [-0.4, -0.2) is 16.5 Å². The van der Waals surface area contributed by atoms with Gasteiger partial charge in [-0.25, -0.2) is 4.98 Å². The van der Waals surface area contributed by atoms with E-state index in [1.165, 1.54) is 0 Å². The largest absolute Gasteiger partial charge is 0.478 e. The minimum atomic E-state index is -1.06. The van der Waals surface area contributed by atoms with E-state index in [9.17, 15) is 4.79 Å².